The van der Waals surface area contributed by atoms with E-state index >= 15 is 0 Å². The van der Waals surface area contributed by atoms with Crippen LogP contribution in [0.5, 0.6) is 0 Å². The van der Waals surface area contributed by atoms with Crippen LogP contribution in [0.4, 0.5) is 5.82 Å². The van der Waals surface area contributed by atoms with Gasteiger partial charge in [0, 0.05) is 31.9 Å². The van der Waals surface area contributed by atoms with Gasteiger partial charge in [-0.05, 0) is 24.8 Å². The van der Waals surface area contributed by atoms with Crippen LogP contribution in [0.3, 0.4) is 0 Å². The Kier molecular flexibility index (Phi) is 4.65. The van der Waals surface area contributed by atoms with Gasteiger partial charge in [0.15, 0.2) is 0 Å². The molecule has 1 aromatic heterocycles. The van der Waals surface area contributed by atoms with E-state index in [2.05, 4.69) is 22.2 Å². The summed E-state index contributed by atoms with van der Waals surface area (Å²) in [5.74, 6) is 0.935. The summed E-state index contributed by atoms with van der Waals surface area (Å²) in [5, 5.41) is 2.47. The molecule has 0 saturated carbocycles. The van der Waals surface area contributed by atoms with Gasteiger partial charge < -0.3 is 9.74 Å². The molecule has 0 bridgehead atoms. The lowest BCUT2D eigenvalue weighted by Gasteiger charge is -2.24. The Morgan fingerprint density at radius 3 is 3.00 bits per heavy atom. The van der Waals surface area contributed by atoms with Crippen molar-refractivity contribution in [3.63, 3.8) is 0 Å². The molecule has 1 atom stereocenters. The average Bonchev–Trinajstić information content (AvgIpc) is 2.61. The van der Waals surface area contributed by atoms with Crippen LogP contribution < -0.4 is 4.90 Å². The van der Waals surface area contributed by atoms with Crippen LogP contribution in [-0.2, 0) is 4.84 Å². The van der Waals surface area contributed by atoms with Gasteiger partial charge in [0.25, 0.3) is 0 Å². The van der Waals surface area contributed by atoms with Crippen LogP contribution in [-0.4, -0.2) is 48.4 Å². The van der Waals surface area contributed by atoms with Gasteiger partial charge in [-0.2, -0.15) is 5.06 Å². The molecule has 1 aromatic rings. The van der Waals surface area contributed by atoms with Crippen molar-refractivity contribution < 1.29 is 4.84 Å². The molecule has 1 radical (unpaired) electrons. The first-order valence-electron chi connectivity index (χ1n) is 5.76. The zero-order chi connectivity index (χ0) is 12.1. The van der Waals surface area contributed by atoms with E-state index in [0.29, 0.717) is 5.37 Å². The van der Waals surface area contributed by atoms with Gasteiger partial charge in [0.2, 0.25) is 0 Å². The highest BCUT2D eigenvalue weighted by molar-refractivity contribution is 7.99. The van der Waals surface area contributed by atoms with Crippen LogP contribution in [0.15, 0.2) is 18.3 Å². The molecule has 1 unspecified atom stereocenters. The lowest BCUT2D eigenvalue weighted by atomic mass is 10.3. The SMILES string of the molecule is CON1CCN(c2[c]cccn2)CCC1SC. The molecule has 1 saturated heterocycles. The Hall–Kier alpha value is -0.780. The minimum atomic E-state index is 0.425. The highest BCUT2D eigenvalue weighted by atomic mass is 32.2. The zero-order valence-electron chi connectivity index (χ0n) is 10.3. The number of anilines is 1. The molecule has 17 heavy (non-hydrogen) atoms. The Labute approximate surface area is 107 Å². The van der Waals surface area contributed by atoms with Crippen molar-refractivity contribution in [2.75, 3.05) is 37.9 Å². The number of pyridine rings is 1. The summed E-state index contributed by atoms with van der Waals surface area (Å²) < 4.78 is 0. The van der Waals surface area contributed by atoms with E-state index in [1.54, 1.807) is 7.11 Å². The van der Waals surface area contributed by atoms with E-state index in [1.165, 1.54) is 0 Å². The third-order valence-corrected chi connectivity index (χ3v) is 3.97. The van der Waals surface area contributed by atoms with Crippen LogP contribution in [0.1, 0.15) is 6.42 Å². The summed E-state index contributed by atoms with van der Waals surface area (Å²) in [6.45, 7) is 2.82. The zero-order valence-corrected chi connectivity index (χ0v) is 11.1. The van der Waals surface area contributed by atoms with Crippen LogP contribution in [0.25, 0.3) is 0 Å². The lowest BCUT2D eigenvalue weighted by Crippen LogP contribution is -2.33. The van der Waals surface area contributed by atoms with Gasteiger partial charge in [0.1, 0.15) is 5.82 Å². The third-order valence-electron chi connectivity index (χ3n) is 2.96. The monoisotopic (exact) mass is 252 g/mol. The summed E-state index contributed by atoms with van der Waals surface area (Å²) in [6.07, 6.45) is 5.01. The Morgan fingerprint density at radius 2 is 2.35 bits per heavy atom. The second-order valence-corrected chi connectivity index (χ2v) is 4.91. The molecule has 0 spiro atoms. The van der Waals surface area contributed by atoms with Gasteiger partial charge in [-0.1, -0.05) is 0 Å². The lowest BCUT2D eigenvalue weighted by molar-refractivity contribution is -0.135. The standard InChI is InChI=1S/C12H18N3OS/c1-16-15-10-9-14(8-6-12(15)17-2)11-5-3-4-7-13-11/h3-4,7,12H,6,8-10H2,1-2H3. The fraction of sp³-hybridized carbons (Fsp3) is 0.583. The van der Waals surface area contributed by atoms with Gasteiger partial charge in [0.05, 0.1) is 12.5 Å². The second-order valence-electron chi connectivity index (χ2n) is 3.89. The van der Waals surface area contributed by atoms with Crippen LogP contribution in [0.2, 0.25) is 0 Å². The van der Waals surface area contributed by atoms with E-state index < -0.39 is 0 Å². The molecular weight excluding hydrogens is 234 g/mol. The maximum atomic E-state index is 5.41. The number of hydrogen-bond acceptors (Lipinski definition) is 5. The molecule has 2 rings (SSSR count). The number of hydroxylamine groups is 2. The number of thioether (sulfide) groups is 1. The molecule has 1 fully saturated rings. The first-order valence-corrected chi connectivity index (χ1v) is 7.05. The average molecular weight is 252 g/mol. The van der Waals surface area contributed by atoms with E-state index in [9.17, 15) is 0 Å². The Bertz CT molecular complexity index is 322. The maximum absolute atomic E-state index is 5.41. The van der Waals surface area contributed by atoms with E-state index in [0.717, 1.165) is 31.9 Å². The predicted molar refractivity (Wildman–Crippen MR) is 70.9 cm³/mol. The first kappa shape index (κ1) is 12.7. The molecule has 93 valence electrons. The highest BCUT2D eigenvalue weighted by Crippen LogP contribution is 2.21. The van der Waals surface area contributed by atoms with Crippen molar-refractivity contribution >= 4 is 17.6 Å². The molecule has 4 nitrogen and oxygen atoms in total. The summed E-state index contributed by atoms with van der Waals surface area (Å²) in [4.78, 5) is 12.0. The van der Waals surface area contributed by atoms with Crippen molar-refractivity contribution in [1.29, 1.82) is 0 Å². The minimum absolute atomic E-state index is 0.425. The van der Waals surface area contributed by atoms with Gasteiger partial charge >= 0.3 is 0 Å². The minimum Gasteiger partial charge on any atom is -0.355 e. The van der Waals surface area contributed by atoms with Gasteiger partial charge in [-0.3, -0.25) is 0 Å². The molecular formula is C12H18N3OS. The number of aromatic nitrogens is 1. The van der Waals surface area contributed by atoms with Crippen molar-refractivity contribution in [3.8, 4) is 0 Å². The fourth-order valence-corrected chi connectivity index (χ4v) is 2.80. The normalized spacial score (nSPS) is 22.5. The summed E-state index contributed by atoms with van der Waals surface area (Å²) in [5.41, 5.74) is 0. The number of hydrogen-bond donors (Lipinski definition) is 0. The largest absolute Gasteiger partial charge is 0.355 e. The highest BCUT2D eigenvalue weighted by Gasteiger charge is 2.23. The predicted octanol–water partition coefficient (Wildman–Crippen LogP) is 1.64. The molecule has 2 heterocycles. The molecule has 0 amide bonds. The fourth-order valence-electron chi connectivity index (χ4n) is 2.03. The smallest absolute Gasteiger partial charge is 0.136 e. The molecule has 1 aliphatic heterocycles. The Balaban J connectivity index is 2.04. The van der Waals surface area contributed by atoms with Crippen molar-refractivity contribution in [3.05, 3.63) is 24.4 Å². The van der Waals surface area contributed by atoms with Crippen molar-refractivity contribution in [2.45, 2.75) is 11.8 Å². The second kappa shape index (κ2) is 6.23. The molecule has 0 N–H and O–H groups in total. The molecule has 0 aliphatic carbocycles. The quantitative estimate of drug-likeness (QED) is 0.815. The first-order chi connectivity index (χ1) is 8.35. The third kappa shape index (κ3) is 3.12. The van der Waals surface area contributed by atoms with E-state index in [-0.39, 0.29) is 0 Å². The van der Waals surface area contributed by atoms with E-state index in [1.807, 2.05) is 35.2 Å². The Morgan fingerprint density at radius 1 is 1.47 bits per heavy atom. The molecule has 5 heteroatoms. The van der Waals surface area contributed by atoms with Crippen LogP contribution >= 0.6 is 11.8 Å². The molecule has 1 aliphatic rings. The topological polar surface area (TPSA) is 28.6 Å². The number of rotatable bonds is 3. The van der Waals surface area contributed by atoms with Gasteiger partial charge in [-0.15, -0.1) is 11.8 Å². The molecule has 0 aromatic carbocycles. The summed E-state index contributed by atoms with van der Waals surface area (Å²) >= 11 is 1.83. The van der Waals surface area contributed by atoms with Gasteiger partial charge in [-0.25, -0.2) is 4.98 Å². The summed E-state index contributed by atoms with van der Waals surface area (Å²) in [7, 11) is 1.74. The summed E-state index contributed by atoms with van der Waals surface area (Å²) in [6, 6.07) is 6.99. The van der Waals surface area contributed by atoms with Crippen molar-refractivity contribution in [1.82, 2.24) is 10.0 Å². The van der Waals surface area contributed by atoms with E-state index in [4.69, 9.17) is 4.84 Å². The maximum Gasteiger partial charge on any atom is 0.136 e. The number of nitrogens with zero attached hydrogens (tertiary/aromatic N) is 3. The van der Waals surface area contributed by atoms with Crippen molar-refractivity contribution in [2.24, 2.45) is 0 Å². The van der Waals surface area contributed by atoms with Crippen LogP contribution in [0, 0.1) is 6.07 Å².